The Bertz CT molecular complexity index is 734. The van der Waals surface area contributed by atoms with E-state index in [9.17, 15) is 4.79 Å². The number of nitrogens with one attached hydrogen (secondary N) is 2. The average molecular weight is 318 g/mol. The largest absolute Gasteiger partial charge is 0.494 e. The summed E-state index contributed by atoms with van der Waals surface area (Å²) in [4.78, 5) is 17.9. The molecule has 118 valence electrons. The quantitative estimate of drug-likeness (QED) is 0.603. The van der Waals surface area contributed by atoms with Crippen molar-refractivity contribution in [2.24, 2.45) is 0 Å². The van der Waals surface area contributed by atoms with E-state index >= 15 is 0 Å². The van der Waals surface area contributed by atoms with E-state index in [-0.39, 0.29) is 5.56 Å². The Balaban J connectivity index is 2.22. The molecule has 4 nitrogen and oxygen atoms in total. The van der Waals surface area contributed by atoms with Gasteiger partial charge in [-0.25, -0.2) is 0 Å². The van der Waals surface area contributed by atoms with Crippen LogP contribution in [0, 0.1) is 4.77 Å². The third kappa shape index (κ3) is 4.31. The van der Waals surface area contributed by atoms with Crippen molar-refractivity contribution < 1.29 is 4.74 Å². The summed E-state index contributed by atoms with van der Waals surface area (Å²) in [5.74, 6) is 0.851. The number of hydrogen-bond donors (Lipinski definition) is 2. The molecule has 0 spiro atoms. The standard InChI is InChI=1S/C17H22N2O2S/c1-3-5-9-21-13-8-6-7-12(10-13)11-14-15(4-2)18-17(22)19-16(14)20/h6-8,10H,3-5,9,11H2,1-2H3,(H2,18,19,20,22). The zero-order chi connectivity index (χ0) is 15.9. The second kappa shape index (κ2) is 7.94. The molecular formula is C17H22N2O2S. The first-order chi connectivity index (χ1) is 10.6. The molecule has 0 aliphatic rings. The molecular weight excluding hydrogens is 296 g/mol. The maximum absolute atomic E-state index is 12.1. The summed E-state index contributed by atoms with van der Waals surface area (Å²) < 4.78 is 6.10. The van der Waals surface area contributed by atoms with E-state index in [1.54, 1.807) is 0 Å². The Labute approximate surface area is 135 Å². The summed E-state index contributed by atoms with van der Waals surface area (Å²) in [5, 5.41) is 0. The topological polar surface area (TPSA) is 57.9 Å². The molecule has 0 radical (unpaired) electrons. The number of ether oxygens (including phenoxy) is 1. The molecule has 5 heteroatoms. The molecule has 1 aromatic heterocycles. The second-order valence-corrected chi connectivity index (χ2v) is 5.65. The number of rotatable bonds is 7. The molecule has 0 saturated heterocycles. The highest BCUT2D eigenvalue weighted by molar-refractivity contribution is 7.71. The molecule has 1 aromatic carbocycles. The zero-order valence-corrected chi connectivity index (χ0v) is 13.9. The number of aromatic amines is 2. The van der Waals surface area contributed by atoms with E-state index in [1.165, 1.54) is 0 Å². The minimum absolute atomic E-state index is 0.113. The number of H-pyrrole nitrogens is 2. The maximum atomic E-state index is 12.1. The van der Waals surface area contributed by atoms with Crippen molar-refractivity contribution in [3.8, 4) is 5.75 Å². The van der Waals surface area contributed by atoms with Gasteiger partial charge in [0.15, 0.2) is 4.77 Å². The van der Waals surface area contributed by atoms with Crippen LogP contribution in [0.5, 0.6) is 5.75 Å². The normalized spacial score (nSPS) is 10.6. The molecule has 0 amide bonds. The van der Waals surface area contributed by atoms with Crippen LogP contribution in [0.1, 0.15) is 43.5 Å². The number of unbranched alkanes of at least 4 members (excludes halogenated alkanes) is 1. The predicted molar refractivity (Wildman–Crippen MR) is 91.3 cm³/mol. The van der Waals surface area contributed by atoms with E-state index in [0.717, 1.165) is 48.4 Å². The van der Waals surface area contributed by atoms with Gasteiger partial charge in [-0.1, -0.05) is 32.4 Å². The SMILES string of the molecule is CCCCOc1cccc(Cc2c(CC)[nH]c(=S)[nH]c2=O)c1. The Kier molecular flexibility index (Phi) is 5.95. The van der Waals surface area contributed by atoms with E-state index in [0.29, 0.717) is 11.2 Å². The van der Waals surface area contributed by atoms with Crippen molar-refractivity contribution in [1.82, 2.24) is 9.97 Å². The minimum Gasteiger partial charge on any atom is -0.494 e. The summed E-state index contributed by atoms with van der Waals surface area (Å²) in [6, 6.07) is 7.91. The van der Waals surface area contributed by atoms with Crippen LogP contribution in [0.25, 0.3) is 0 Å². The van der Waals surface area contributed by atoms with Gasteiger partial charge in [-0.05, 0) is 42.8 Å². The van der Waals surface area contributed by atoms with Crippen molar-refractivity contribution in [3.63, 3.8) is 0 Å². The van der Waals surface area contributed by atoms with Gasteiger partial charge in [-0.3, -0.25) is 9.78 Å². The summed E-state index contributed by atoms with van der Waals surface area (Å²) in [6.45, 7) is 4.87. The first-order valence-corrected chi connectivity index (χ1v) is 8.11. The van der Waals surface area contributed by atoms with Crippen LogP contribution in [0.3, 0.4) is 0 Å². The summed E-state index contributed by atoms with van der Waals surface area (Å²) in [7, 11) is 0. The van der Waals surface area contributed by atoms with E-state index in [2.05, 4.69) is 16.9 Å². The fourth-order valence-corrected chi connectivity index (χ4v) is 2.55. The van der Waals surface area contributed by atoms with Crippen LogP contribution < -0.4 is 10.3 Å². The van der Waals surface area contributed by atoms with Crippen molar-refractivity contribution in [3.05, 3.63) is 56.2 Å². The molecule has 0 atom stereocenters. The van der Waals surface area contributed by atoms with Gasteiger partial charge in [0.05, 0.1) is 6.61 Å². The third-order valence-electron chi connectivity index (χ3n) is 3.53. The first-order valence-electron chi connectivity index (χ1n) is 7.70. The summed E-state index contributed by atoms with van der Waals surface area (Å²) in [6.07, 6.45) is 3.46. The molecule has 0 unspecified atom stereocenters. The van der Waals surface area contributed by atoms with Gasteiger partial charge in [0.1, 0.15) is 5.75 Å². The lowest BCUT2D eigenvalue weighted by Gasteiger charge is -2.09. The second-order valence-electron chi connectivity index (χ2n) is 5.25. The highest BCUT2D eigenvalue weighted by atomic mass is 32.1. The predicted octanol–water partition coefficient (Wildman–Crippen LogP) is 3.76. The van der Waals surface area contributed by atoms with Gasteiger partial charge < -0.3 is 9.72 Å². The third-order valence-corrected chi connectivity index (χ3v) is 3.73. The molecule has 0 saturated carbocycles. The lowest BCUT2D eigenvalue weighted by Crippen LogP contribution is -2.18. The van der Waals surface area contributed by atoms with Crippen molar-refractivity contribution in [2.45, 2.75) is 39.5 Å². The first kappa shape index (κ1) is 16.5. The minimum atomic E-state index is -0.113. The number of benzene rings is 1. The van der Waals surface area contributed by atoms with Crippen LogP contribution in [0.2, 0.25) is 0 Å². The lowest BCUT2D eigenvalue weighted by atomic mass is 10.0. The molecule has 0 aliphatic heterocycles. The van der Waals surface area contributed by atoms with Crippen LogP contribution >= 0.6 is 12.2 Å². The van der Waals surface area contributed by atoms with Crippen LogP contribution in [-0.2, 0) is 12.8 Å². The summed E-state index contributed by atoms with van der Waals surface area (Å²) in [5.41, 5.74) is 2.57. The summed E-state index contributed by atoms with van der Waals surface area (Å²) >= 11 is 5.03. The maximum Gasteiger partial charge on any atom is 0.255 e. The monoisotopic (exact) mass is 318 g/mol. The van der Waals surface area contributed by atoms with E-state index in [4.69, 9.17) is 17.0 Å². The van der Waals surface area contributed by atoms with Gasteiger partial charge in [-0.15, -0.1) is 0 Å². The van der Waals surface area contributed by atoms with Crippen molar-refractivity contribution in [2.75, 3.05) is 6.61 Å². The molecule has 2 N–H and O–H groups in total. The Hall–Kier alpha value is -1.88. The molecule has 22 heavy (non-hydrogen) atoms. The van der Waals surface area contributed by atoms with Crippen LogP contribution in [-0.4, -0.2) is 16.6 Å². The molecule has 0 fully saturated rings. The van der Waals surface area contributed by atoms with E-state index < -0.39 is 0 Å². The molecule has 0 aliphatic carbocycles. The fraction of sp³-hybridized carbons (Fsp3) is 0.412. The van der Waals surface area contributed by atoms with Crippen molar-refractivity contribution >= 4 is 12.2 Å². The van der Waals surface area contributed by atoms with Gasteiger partial charge >= 0.3 is 0 Å². The highest BCUT2D eigenvalue weighted by Gasteiger charge is 2.08. The van der Waals surface area contributed by atoms with Gasteiger partial charge in [0.2, 0.25) is 0 Å². The van der Waals surface area contributed by atoms with Crippen LogP contribution in [0.15, 0.2) is 29.1 Å². The molecule has 2 aromatic rings. The van der Waals surface area contributed by atoms with Crippen LogP contribution in [0.4, 0.5) is 0 Å². The number of aryl methyl sites for hydroxylation is 1. The smallest absolute Gasteiger partial charge is 0.255 e. The van der Waals surface area contributed by atoms with Gasteiger partial charge in [0, 0.05) is 17.7 Å². The fourth-order valence-electron chi connectivity index (χ4n) is 2.33. The Morgan fingerprint density at radius 1 is 1.23 bits per heavy atom. The van der Waals surface area contributed by atoms with Gasteiger partial charge in [-0.2, -0.15) is 0 Å². The zero-order valence-electron chi connectivity index (χ0n) is 13.1. The lowest BCUT2D eigenvalue weighted by molar-refractivity contribution is 0.309. The van der Waals surface area contributed by atoms with E-state index in [1.807, 2.05) is 31.2 Å². The Morgan fingerprint density at radius 2 is 2.05 bits per heavy atom. The Morgan fingerprint density at radius 3 is 2.77 bits per heavy atom. The molecule has 1 heterocycles. The average Bonchev–Trinajstić information content (AvgIpc) is 2.50. The molecule has 0 bridgehead atoms. The van der Waals surface area contributed by atoms with Gasteiger partial charge in [0.25, 0.3) is 5.56 Å². The number of aromatic nitrogens is 2. The molecule has 2 rings (SSSR count). The van der Waals surface area contributed by atoms with Crippen molar-refractivity contribution in [1.29, 1.82) is 0 Å². The number of hydrogen-bond acceptors (Lipinski definition) is 3. The highest BCUT2D eigenvalue weighted by Crippen LogP contribution is 2.17.